The van der Waals surface area contributed by atoms with Crippen molar-refractivity contribution in [2.45, 2.75) is 20.8 Å². The normalized spacial score (nSPS) is 11.2. The van der Waals surface area contributed by atoms with Crippen molar-refractivity contribution < 1.29 is 0 Å². The van der Waals surface area contributed by atoms with E-state index in [9.17, 15) is 0 Å². The van der Waals surface area contributed by atoms with Gasteiger partial charge in [-0.05, 0) is 20.8 Å². The molecular formula is C8H10N2S. The lowest BCUT2D eigenvalue weighted by Crippen LogP contribution is -1.86. The van der Waals surface area contributed by atoms with Gasteiger partial charge in [-0.2, -0.15) is 0 Å². The number of aromatic nitrogens is 2. The van der Waals surface area contributed by atoms with E-state index in [2.05, 4.69) is 30.2 Å². The SMILES string of the molecule is Cc1sc2ncc(C)n2c1C. The molecule has 0 saturated carbocycles. The Balaban J connectivity index is 2.95. The van der Waals surface area contributed by atoms with Crippen LogP contribution in [0.25, 0.3) is 4.96 Å². The minimum absolute atomic E-state index is 1.11. The van der Waals surface area contributed by atoms with Gasteiger partial charge in [0.25, 0.3) is 0 Å². The Bertz CT molecular complexity index is 397. The smallest absolute Gasteiger partial charge is 0.194 e. The van der Waals surface area contributed by atoms with E-state index in [0.29, 0.717) is 0 Å². The molecule has 0 atom stereocenters. The first-order valence-corrected chi connectivity index (χ1v) is 4.42. The molecule has 2 rings (SSSR count). The zero-order valence-corrected chi connectivity index (χ0v) is 7.70. The summed E-state index contributed by atoms with van der Waals surface area (Å²) in [5.74, 6) is 0. The highest BCUT2D eigenvalue weighted by Crippen LogP contribution is 2.21. The zero-order chi connectivity index (χ0) is 8.01. The van der Waals surface area contributed by atoms with Crippen LogP contribution in [0, 0.1) is 20.8 Å². The predicted molar refractivity (Wildman–Crippen MR) is 47.3 cm³/mol. The van der Waals surface area contributed by atoms with Crippen LogP contribution in [0.5, 0.6) is 0 Å². The Hall–Kier alpha value is -0.830. The van der Waals surface area contributed by atoms with Crippen LogP contribution in [-0.2, 0) is 0 Å². The van der Waals surface area contributed by atoms with E-state index in [0.717, 1.165) is 4.96 Å². The van der Waals surface area contributed by atoms with Crippen LogP contribution in [0.4, 0.5) is 0 Å². The first-order chi connectivity index (χ1) is 5.20. The fourth-order valence-corrected chi connectivity index (χ4v) is 2.25. The van der Waals surface area contributed by atoms with Gasteiger partial charge >= 0.3 is 0 Å². The maximum atomic E-state index is 4.28. The molecule has 2 aromatic heterocycles. The van der Waals surface area contributed by atoms with Crippen LogP contribution in [0.15, 0.2) is 6.20 Å². The highest BCUT2D eigenvalue weighted by molar-refractivity contribution is 7.17. The van der Waals surface area contributed by atoms with Crippen LogP contribution in [0.1, 0.15) is 16.3 Å². The molecule has 2 aromatic rings. The van der Waals surface area contributed by atoms with Crippen LogP contribution < -0.4 is 0 Å². The van der Waals surface area contributed by atoms with Gasteiger partial charge in [-0.25, -0.2) is 4.98 Å². The molecule has 0 amide bonds. The first-order valence-electron chi connectivity index (χ1n) is 3.60. The Morgan fingerprint density at radius 3 is 2.73 bits per heavy atom. The number of hydrogen-bond acceptors (Lipinski definition) is 2. The van der Waals surface area contributed by atoms with Gasteiger partial charge in [0.1, 0.15) is 0 Å². The second kappa shape index (κ2) is 2.08. The number of aryl methyl sites for hydroxylation is 3. The van der Waals surface area contributed by atoms with Gasteiger partial charge in [-0.15, -0.1) is 11.3 Å². The number of imidazole rings is 1. The predicted octanol–water partition coefficient (Wildman–Crippen LogP) is 2.32. The fourth-order valence-electron chi connectivity index (χ4n) is 1.26. The molecule has 0 fully saturated rings. The molecule has 0 saturated heterocycles. The fraction of sp³-hybridized carbons (Fsp3) is 0.375. The van der Waals surface area contributed by atoms with E-state index in [4.69, 9.17) is 0 Å². The molecule has 0 radical (unpaired) electrons. The Kier molecular flexibility index (Phi) is 1.29. The molecular weight excluding hydrogens is 156 g/mol. The van der Waals surface area contributed by atoms with Gasteiger partial charge in [-0.3, -0.25) is 4.40 Å². The number of rotatable bonds is 0. The molecule has 0 bridgehead atoms. The molecule has 0 N–H and O–H groups in total. The van der Waals surface area contributed by atoms with Crippen molar-refractivity contribution in [3.63, 3.8) is 0 Å². The van der Waals surface area contributed by atoms with E-state index in [1.807, 2.05) is 6.20 Å². The van der Waals surface area contributed by atoms with Gasteiger partial charge in [0, 0.05) is 22.5 Å². The summed E-state index contributed by atoms with van der Waals surface area (Å²) in [6, 6.07) is 0. The van der Waals surface area contributed by atoms with E-state index >= 15 is 0 Å². The summed E-state index contributed by atoms with van der Waals surface area (Å²) in [5, 5.41) is 0. The highest BCUT2D eigenvalue weighted by atomic mass is 32.1. The zero-order valence-electron chi connectivity index (χ0n) is 6.88. The lowest BCUT2D eigenvalue weighted by molar-refractivity contribution is 1.05. The van der Waals surface area contributed by atoms with E-state index in [-0.39, 0.29) is 0 Å². The molecule has 2 heterocycles. The molecule has 58 valence electrons. The number of hydrogen-bond donors (Lipinski definition) is 0. The summed E-state index contributed by atoms with van der Waals surface area (Å²) in [6.45, 7) is 6.35. The van der Waals surface area contributed by atoms with Crippen molar-refractivity contribution in [3.8, 4) is 0 Å². The minimum Gasteiger partial charge on any atom is -0.292 e. The molecule has 0 aliphatic rings. The average molecular weight is 166 g/mol. The third-order valence-electron chi connectivity index (χ3n) is 2.00. The summed E-state index contributed by atoms with van der Waals surface area (Å²) >= 11 is 1.75. The van der Waals surface area contributed by atoms with Gasteiger partial charge in [0.15, 0.2) is 4.96 Å². The molecule has 0 aromatic carbocycles. The molecule has 0 unspecified atom stereocenters. The molecule has 0 spiro atoms. The van der Waals surface area contributed by atoms with Crippen molar-refractivity contribution in [2.24, 2.45) is 0 Å². The van der Waals surface area contributed by atoms with Crippen molar-refractivity contribution in [2.75, 3.05) is 0 Å². The Labute approximate surface area is 69.5 Å². The maximum absolute atomic E-state index is 4.28. The number of thiazole rings is 1. The van der Waals surface area contributed by atoms with Crippen molar-refractivity contribution in [3.05, 3.63) is 22.5 Å². The maximum Gasteiger partial charge on any atom is 0.194 e. The van der Waals surface area contributed by atoms with Crippen molar-refractivity contribution >= 4 is 16.3 Å². The van der Waals surface area contributed by atoms with Crippen LogP contribution in [-0.4, -0.2) is 9.38 Å². The summed E-state index contributed by atoms with van der Waals surface area (Å²) < 4.78 is 2.19. The molecule has 3 heteroatoms. The summed E-state index contributed by atoms with van der Waals surface area (Å²) in [7, 11) is 0. The second-order valence-corrected chi connectivity index (χ2v) is 3.94. The van der Waals surface area contributed by atoms with Gasteiger partial charge in [0.2, 0.25) is 0 Å². The molecule has 2 nitrogen and oxygen atoms in total. The van der Waals surface area contributed by atoms with Gasteiger partial charge in [0.05, 0.1) is 0 Å². The lowest BCUT2D eigenvalue weighted by atomic mass is 10.4. The lowest BCUT2D eigenvalue weighted by Gasteiger charge is -1.92. The highest BCUT2D eigenvalue weighted by Gasteiger charge is 2.06. The van der Waals surface area contributed by atoms with E-state index < -0.39 is 0 Å². The number of fused-ring (bicyclic) bond motifs is 1. The van der Waals surface area contributed by atoms with Gasteiger partial charge < -0.3 is 0 Å². The van der Waals surface area contributed by atoms with Crippen molar-refractivity contribution in [1.82, 2.24) is 9.38 Å². The molecule has 11 heavy (non-hydrogen) atoms. The standard InChI is InChI=1S/C8H10N2S/c1-5-4-9-8-10(5)6(2)7(3)11-8/h4H,1-3H3. The van der Waals surface area contributed by atoms with E-state index in [1.165, 1.54) is 16.3 Å². The Morgan fingerprint density at radius 1 is 1.36 bits per heavy atom. The van der Waals surface area contributed by atoms with E-state index in [1.54, 1.807) is 11.3 Å². The third-order valence-corrected chi connectivity index (χ3v) is 3.07. The summed E-state index contributed by atoms with van der Waals surface area (Å²) in [4.78, 5) is 6.75. The largest absolute Gasteiger partial charge is 0.292 e. The molecule has 0 aliphatic carbocycles. The average Bonchev–Trinajstić information content (AvgIpc) is 2.41. The van der Waals surface area contributed by atoms with Crippen LogP contribution in [0.2, 0.25) is 0 Å². The monoisotopic (exact) mass is 166 g/mol. The van der Waals surface area contributed by atoms with Crippen LogP contribution >= 0.6 is 11.3 Å². The topological polar surface area (TPSA) is 17.3 Å². The quantitative estimate of drug-likeness (QED) is 0.587. The summed E-state index contributed by atoms with van der Waals surface area (Å²) in [5.41, 5.74) is 2.54. The van der Waals surface area contributed by atoms with Gasteiger partial charge in [-0.1, -0.05) is 0 Å². The summed E-state index contributed by atoms with van der Waals surface area (Å²) in [6.07, 6.45) is 1.91. The first kappa shape index (κ1) is 6.85. The van der Waals surface area contributed by atoms with Crippen LogP contribution in [0.3, 0.4) is 0 Å². The third kappa shape index (κ3) is 0.807. The Morgan fingerprint density at radius 2 is 2.09 bits per heavy atom. The minimum atomic E-state index is 1.11. The van der Waals surface area contributed by atoms with Crippen molar-refractivity contribution in [1.29, 1.82) is 0 Å². The molecule has 0 aliphatic heterocycles. The number of nitrogens with zero attached hydrogens (tertiary/aromatic N) is 2. The second-order valence-electron chi connectivity index (χ2n) is 2.76.